The summed E-state index contributed by atoms with van der Waals surface area (Å²) >= 11 is 0. The van der Waals surface area contributed by atoms with E-state index in [-0.39, 0.29) is 5.91 Å². The Kier molecular flexibility index (Phi) is 3.49. The number of hydrogen-bond acceptors (Lipinski definition) is 5. The minimum atomic E-state index is -0.300. The van der Waals surface area contributed by atoms with Crippen LogP contribution in [0.4, 0.5) is 5.82 Å². The minimum Gasteiger partial charge on any atom is -0.486 e. The lowest BCUT2D eigenvalue weighted by Gasteiger charge is -2.20. The van der Waals surface area contributed by atoms with Gasteiger partial charge in [0.2, 0.25) is 0 Å². The molecule has 2 aromatic rings. The summed E-state index contributed by atoms with van der Waals surface area (Å²) in [5.74, 6) is 1.20. The van der Waals surface area contributed by atoms with Crippen LogP contribution in [0.15, 0.2) is 24.4 Å². The van der Waals surface area contributed by atoms with Crippen molar-refractivity contribution in [3.63, 3.8) is 0 Å². The van der Waals surface area contributed by atoms with E-state index >= 15 is 0 Å². The molecule has 0 saturated heterocycles. The van der Waals surface area contributed by atoms with E-state index in [2.05, 4.69) is 10.4 Å². The number of amides is 1. The second-order valence-corrected chi connectivity index (χ2v) is 4.66. The molecule has 0 spiro atoms. The smallest absolute Gasteiger partial charge is 0.260 e. The average molecular weight is 288 g/mol. The van der Waals surface area contributed by atoms with Gasteiger partial charge in [-0.25, -0.2) is 0 Å². The van der Waals surface area contributed by atoms with Crippen molar-refractivity contribution in [2.75, 3.05) is 18.5 Å². The Hall–Kier alpha value is -2.54. The topological polar surface area (TPSA) is 91.4 Å². The number of hydrogen-bond donors (Lipinski definition) is 2. The molecule has 1 aromatic carbocycles. The molecule has 21 heavy (non-hydrogen) atoms. The van der Waals surface area contributed by atoms with Crippen LogP contribution in [0.5, 0.6) is 11.5 Å². The van der Waals surface area contributed by atoms with Crippen molar-refractivity contribution in [1.82, 2.24) is 9.78 Å². The molecule has 7 nitrogen and oxygen atoms in total. The summed E-state index contributed by atoms with van der Waals surface area (Å²) in [4.78, 5) is 12.4. The number of nitrogens with one attached hydrogen (secondary N) is 1. The van der Waals surface area contributed by atoms with Crippen molar-refractivity contribution in [1.29, 1.82) is 0 Å². The molecular formula is C14H16N4O3. The second-order valence-electron chi connectivity index (χ2n) is 4.66. The van der Waals surface area contributed by atoms with Crippen LogP contribution in [-0.2, 0) is 13.6 Å². The van der Waals surface area contributed by atoms with Crippen LogP contribution in [0.25, 0.3) is 0 Å². The fraction of sp³-hybridized carbons (Fsp3) is 0.286. The predicted molar refractivity (Wildman–Crippen MR) is 76.5 cm³/mol. The fourth-order valence-electron chi connectivity index (χ4n) is 2.22. The van der Waals surface area contributed by atoms with Crippen LogP contribution in [-0.4, -0.2) is 28.9 Å². The Bertz CT molecular complexity index is 681. The van der Waals surface area contributed by atoms with E-state index in [1.165, 1.54) is 0 Å². The Morgan fingerprint density at radius 2 is 2.24 bits per heavy atom. The van der Waals surface area contributed by atoms with Crippen molar-refractivity contribution >= 4 is 11.7 Å². The first-order chi connectivity index (χ1) is 10.2. The number of rotatable bonds is 3. The molecule has 1 aliphatic heterocycles. The standard InChI is InChI=1S/C14H16N4O3/c1-18-8-9(7-15)13(17-18)16-14(19)10-3-2-4-11-12(10)21-6-5-20-11/h2-4,8H,5-7,15H2,1H3,(H,16,17,19). The zero-order valence-electron chi connectivity index (χ0n) is 11.6. The quantitative estimate of drug-likeness (QED) is 0.875. The molecule has 0 fully saturated rings. The lowest BCUT2D eigenvalue weighted by molar-refractivity contribution is 0.101. The first-order valence-corrected chi connectivity index (χ1v) is 6.61. The number of aryl methyl sites for hydroxylation is 1. The van der Waals surface area contributed by atoms with Gasteiger partial charge < -0.3 is 20.5 Å². The predicted octanol–water partition coefficient (Wildman–Crippen LogP) is 0.902. The van der Waals surface area contributed by atoms with Crippen molar-refractivity contribution in [3.05, 3.63) is 35.5 Å². The van der Waals surface area contributed by atoms with Gasteiger partial charge in [0.15, 0.2) is 17.3 Å². The van der Waals surface area contributed by atoms with Gasteiger partial charge in [0.05, 0.1) is 5.56 Å². The number of anilines is 1. The number of para-hydroxylation sites is 1. The lowest BCUT2D eigenvalue weighted by atomic mass is 10.1. The Balaban J connectivity index is 1.89. The largest absolute Gasteiger partial charge is 0.486 e. The second kappa shape index (κ2) is 5.45. The van der Waals surface area contributed by atoms with Gasteiger partial charge in [-0.05, 0) is 12.1 Å². The number of fused-ring (bicyclic) bond motifs is 1. The highest BCUT2D eigenvalue weighted by atomic mass is 16.6. The van der Waals surface area contributed by atoms with Crippen molar-refractivity contribution in [3.8, 4) is 11.5 Å². The Labute approximate surface area is 121 Å². The molecule has 0 saturated carbocycles. The molecule has 0 aliphatic carbocycles. The van der Waals surface area contributed by atoms with Gasteiger partial charge in [-0.15, -0.1) is 0 Å². The van der Waals surface area contributed by atoms with Crippen LogP contribution >= 0.6 is 0 Å². The molecule has 110 valence electrons. The molecule has 1 amide bonds. The van der Waals surface area contributed by atoms with E-state index < -0.39 is 0 Å². The number of nitrogens with two attached hydrogens (primary N) is 1. The number of carbonyl (C=O) groups excluding carboxylic acids is 1. The van der Waals surface area contributed by atoms with Gasteiger partial charge >= 0.3 is 0 Å². The van der Waals surface area contributed by atoms with Crippen LogP contribution in [0, 0.1) is 0 Å². The third kappa shape index (κ3) is 2.55. The van der Waals surface area contributed by atoms with E-state index in [1.807, 2.05) is 0 Å². The van der Waals surface area contributed by atoms with E-state index in [4.69, 9.17) is 15.2 Å². The van der Waals surface area contributed by atoms with E-state index in [1.54, 1.807) is 36.1 Å². The van der Waals surface area contributed by atoms with E-state index in [9.17, 15) is 4.79 Å². The van der Waals surface area contributed by atoms with Crippen LogP contribution in [0.2, 0.25) is 0 Å². The molecule has 3 N–H and O–H groups in total. The maximum atomic E-state index is 12.4. The molecule has 0 radical (unpaired) electrons. The maximum Gasteiger partial charge on any atom is 0.260 e. The zero-order chi connectivity index (χ0) is 14.8. The van der Waals surface area contributed by atoms with Gasteiger partial charge in [-0.2, -0.15) is 5.10 Å². The normalized spacial score (nSPS) is 13.0. The highest BCUT2D eigenvalue weighted by Gasteiger charge is 2.21. The monoisotopic (exact) mass is 288 g/mol. The van der Waals surface area contributed by atoms with E-state index in [0.29, 0.717) is 42.6 Å². The number of ether oxygens (including phenoxy) is 2. The zero-order valence-corrected chi connectivity index (χ0v) is 11.6. The van der Waals surface area contributed by atoms with Crippen LogP contribution < -0.4 is 20.5 Å². The summed E-state index contributed by atoms with van der Waals surface area (Å²) in [7, 11) is 1.77. The van der Waals surface area contributed by atoms with Gasteiger partial charge in [-0.3, -0.25) is 9.48 Å². The number of aromatic nitrogens is 2. The van der Waals surface area contributed by atoms with Crippen molar-refractivity contribution < 1.29 is 14.3 Å². The number of benzene rings is 1. The van der Waals surface area contributed by atoms with Crippen LogP contribution in [0.1, 0.15) is 15.9 Å². The lowest BCUT2D eigenvalue weighted by Crippen LogP contribution is -2.20. The summed E-state index contributed by atoms with van der Waals surface area (Å²) in [6.45, 7) is 1.21. The number of nitrogens with zero attached hydrogens (tertiary/aromatic N) is 2. The molecule has 1 aliphatic rings. The molecular weight excluding hydrogens is 272 g/mol. The Morgan fingerprint density at radius 3 is 3.05 bits per heavy atom. The molecule has 7 heteroatoms. The summed E-state index contributed by atoms with van der Waals surface area (Å²) in [5, 5.41) is 6.95. The molecule has 3 rings (SSSR count). The molecule has 0 atom stereocenters. The minimum absolute atomic E-state index is 0.300. The average Bonchev–Trinajstić information content (AvgIpc) is 2.86. The molecule has 0 unspecified atom stereocenters. The first-order valence-electron chi connectivity index (χ1n) is 6.61. The van der Waals surface area contributed by atoms with Crippen LogP contribution in [0.3, 0.4) is 0 Å². The summed E-state index contributed by atoms with van der Waals surface area (Å²) < 4.78 is 12.6. The van der Waals surface area contributed by atoms with Gasteiger partial charge in [0, 0.05) is 25.4 Å². The summed E-state index contributed by atoms with van der Waals surface area (Å²) in [5.41, 5.74) is 6.83. The highest BCUT2D eigenvalue weighted by Crippen LogP contribution is 2.34. The first kappa shape index (κ1) is 13.4. The Morgan fingerprint density at radius 1 is 1.43 bits per heavy atom. The summed E-state index contributed by atoms with van der Waals surface area (Å²) in [6.07, 6.45) is 1.77. The third-order valence-corrected chi connectivity index (χ3v) is 3.17. The van der Waals surface area contributed by atoms with E-state index in [0.717, 1.165) is 5.56 Å². The fourth-order valence-corrected chi connectivity index (χ4v) is 2.22. The molecule has 1 aromatic heterocycles. The van der Waals surface area contributed by atoms with Gasteiger partial charge in [0.25, 0.3) is 5.91 Å². The molecule has 0 bridgehead atoms. The SMILES string of the molecule is Cn1cc(CN)c(NC(=O)c2cccc3c2OCCO3)n1. The van der Waals surface area contributed by atoms with Crippen molar-refractivity contribution in [2.24, 2.45) is 12.8 Å². The van der Waals surface area contributed by atoms with Gasteiger partial charge in [0.1, 0.15) is 13.2 Å². The molecule has 2 heterocycles. The van der Waals surface area contributed by atoms with Gasteiger partial charge in [-0.1, -0.05) is 6.07 Å². The summed E-state index contributed by atoms with van der Waals surface area (Å²) in [6, 6.07) is 5.22. The maximum absolute atomic E-state index is 12.4. The van der Waals surface area contributed by atoms with Crippen molar-refractivity contribution in [2.45, 2.75) is 6.54 Å². The number of carbonyl (C=O) groups is 1. The highest BCUT2D eigenvalue weighted by molar-refractivity contribution is 6.06. The third-order valence-electron chi connectivity index (χ3n) is 3.17.